The van der Waals surface area contributed by atoms with Gasteiger partial charge in [0.2, 0.25) is 0 Å². The largest absolute Gasteiger partial charge is 0.392 e. The van der Waals surface area contributed by atoms with Crippen molar-refractivity contribution in [3.63, 3.8) is 0 Å². The van der Waals surface area contributed by atoms with E-state index in [1.54, 1.807) is 0 Å². The van der Waals surface area contributed by atoms with Gasteiger partial charge >= 0.3 is 0 Å². The zero-order valence-electron chi connectivity index (χ0n) is 9.25. The lowest BCUT2D eigenvalue weighted by Gasteiger charge is -2.23. The van der Waals surface area contributed by atoms with E-state index < -0.39 is 0 Å². The Kier molecular flexibility index (Phi) is 2.28. The molecule has 2 rings (SSSR count). The highest BCUT2D eigenvalue weighted by molar-refractivity contribution is 5.85. The predicted octanol–water partition coefficient (Wildman–Crippen LogP) is 2.91. The van der Waals surface area contributed by atoms with Crippen LogP contribution in [0, 0.1) is 0 Å². The van der Waals surface area contributed by atoms with E-state index in [1.807, 2.05) is 18.2 Å². The van der Waals surface area contributed by atoms with E-state index >= 15 is 0 Å². The van der Waals surface area contributed by atoms with Crippen LogP contribution in [0.25, 0.3) is 5.57 Å². The number of aliphatic hydroxyl groups excluding tert-OH is 1. The summed E-state index contributed by atoms with van der Waals surface area (Å²) in [5.41, 5.74) is 4.58. The third-order valence-electron chi connectivity index (χ3n) is 3.33. The highest BCUT2D eigenvalue weighted by Gasteiger charge is 2.35. The van der Waals surface area contributed by atoms with E-state index in [-0.39, 0.29) is 12.0 Å². The normalized spacial score (nSPS) is 17.8. The van der Waals surface area contributed by atoms with Crippen molar-refractivity contribution in [2.45, 2.75) is 19.3 Å². The fraction of sp³-hybridized carbons (Fsp3) is 0.286. The summed E-state index contributed by atoms with van der Waals surface area (Å²) >= 11 is 0. The van der Waals surface area contributed by atoms with Crippen LogP contribution < -0.4 is 0 Å². The molecule has 1 nitrogen and oxygen atoms in total. The standard InChI is InChI=1S/C14H16O/c1-4-10-11-7-5-6-8-12(11)14(2,3)13(10)9-15/h4-8,15H,1,9H2,2-3H3. The molecule has 0 saturated heterocycles. The van der Waals surface area contributed by atoms with Crippen LogP contribution in [-0.4, -0.2) is 11.7 Å². The Morgan fingerprint density at radius 1 is 1.33 bits per heavy atom. The van der Waals surface area contributed by atoms with Crippen molar-refractivity contribution in [3.8, 4) is 0 Å². The van der Waals surface area contributed by atoms with Gasteiger partial charge in [-0.2, -0.15) is 0 Å². The number of allylic oxidation sites excluding steroid dienone is 2. The van der Waals surface area contributed by atoms with E-state index in [0.29, 0.717) is 0 Å². The Morgan fingerprint density at radius 2 is 2.00 bits per heavy atom. The van der Waals surface area contributed by atoms with Crippen molar-refractivity contribution < 1.29 is 5.11 Å². The van der Waals surface area contributed by atoms with Gasteiger partial charge in [-0.3, -0.25) is 0 Å². The second kappa shape index (κ2) is 3.35. The molecular formula is C14H16O. The number of aliphatic hydroxyl groups is 1. The summed E-state index contributed by atoms with van der Waals surface area (Å²) in [6, 6.07) is 8.29. The number of benzene rings is 1. The molecule has 0 heterocycles. The van der Waals surface area contributed by atoms with Crippen LogP contribution in [0.1, 0.15) is 25.0 Å². The van der Waals surface area contributed by atoms with E-state index in [2.05, 4.69) is 32.6 Å². The average molecular weight is 200 g/mol. The van der Waals surface area contributed by atoms with Crippen molar-refractivity contribution in [1.82, 2.24) is 0 Å². The highest BCUT2D eigenvalue weighted by Crippen LogP contribution is 2.45. The molecule has 0 saturated carbocycles. The van der Waals surface area contributed by atoms with Crippen LogP contribution in [0.5, 0.6) is 0 Å². The highest BCUT2D eigenvalue weighted by atomic mass is 16.3. The zero-order valence-corrected chi connectivity index (χ0v) is 9.25. The lowest BCUT2D eigenvalue weighted by Crippen LogP contribution is -2.19. The Balaban J connectivity index is 2.73. The third kappa shape index (κ3) is 1.27. The Morgan fingerprint density at radius 3 is 2.60 bits per heavy atom. The average Bonchev–Trinajstić information content (AvgIpc) is 2.46. The molecule has 0 amide bonds. The van der Waals surface area contributed by atoms with Gasteiger partial charge in [0.15, 0.2) is 0 Å². The summed E-state index contributed by atoms with van der Waals surface area (Å²) in [6.07, 6.45) is 1.85. The molecule has 1 aromatic carbocycles. The molecule has 0 spiro atoms. The van der Waals surface area contributed by atoms with E-state index in [1.165, 1.54) is 11.1 Å². The topological polar surface area (TPSA) is 20.2 Å². The maximum atomic E-state index is 9.47. The molecule has 78 valence electrons. The van der Waals surface area contributed by atoms with Crippen molar-refractivity contribution in [3.05, 3.63) is 53.6 Å². The van der Waals surface area contributed by atoms with Gasteiger partial charge in [0.25, 0.3) is 0 Å². The zero-order chi connectivity index (χ0) is 11.1. The number of fused-ring (bicyclic) bond motifs is 1. The van der Waals surface area contributed by atoms with Crippen LogP contribution in [0.2, 0.25) is 0 Å². The third-order valence-corrected chi connectivity index (χ3v) is 3.33. The first kappa shape index (κ1) is 10.2. The van der Waals surface area contributed by atoms with Crippen LogP contribution in [0.4, 0.5) is 0 Å². The van der Waals surface area contributed by atoms with Crippen LogP contribution >= 0.6 is 0 Å². The van der Waals surface area contributed by atoms with Crippen molar-refractivity contribution in [1.29, 1.82) is 0 Å². The summed E-state index contributed by atoms with van der Waals surface area (Å²) in [6.45, 7) is 8.23. The van der Waals surface area contributed by atoms with Crippen LogP contribution in [-0.2, 0) is 5.41 Å². The first-order valence-electron chi connectivity index (χ1n) is 5.19. The minimum absolute atomic E-state index is 0.0745. The lowest BCUT2D eigenvalue weighted by molar-refractivity contribution is 0.313. The fourth-order valence-electron chi connectivity index (χ4n) is 2.44. The Hall–Kier alpha value is -1.34. The van der Waals surface area contributed by atoms with Gasteiger partial charge in [-0.15, -0.1) is 0 Å². The summed E-state index contributed by atoms with van der Waals surface area (Å²) in [7, 11) is 0. The van der Waals surface area contributed by atoms with E-state index in [9.17, 15) is 5.11 Å². The van der Waals surface area contributed by atoms with Gasteiger partial charge in [-0.1, -0.05) is 50.8 Å². The van der Waals surface area contributed by atoms with Crippen molar-refractivity contribution in [2.24, 2.45) is 0 Å². The van der Waals surface area contributed by atoms with Crippen molar-refractivity contribution in [2.75, 3.05) is 6.61 Å². The van der Waals surface area contributed by atoms with Gasteiger partial charge in [0.05, 0.1) is 6.61 Å². The molecule has 0 radical (unpaired) electrons. The maximum absolute atomic E-state index is 9.47. The molecule has 0 bridgehead atoms. The van der Waals surface area contributed by atoms with E-state index in [0.717, 1.165) is 11.1 Å². The van der Waals surface area contributed by atoms with Crippen LogP contribution in [0.15, 0.2) is 42.5 Å². The number of hydrogen-bond donors (Lipinski definition) is 1. The monoisotopic (exact) mass is 200 g/mol. The summed E-state index contributed by atoms with van der Waals surface area (Å²) in [5, 5.41) is 9.47. The molecule has 1 heteroatoms. The fourth-order valence-corrected chi connectivity index (χ4v) is 2.44. The Labute approximate surface area is 90.8 Å². The Bertz CT molecular complexity index is 438. The molecule has 1 aliphatic rings. The number of hydrogen-bond acceptors (Lipinski definition) is 1. The summed E-state index contributed by atoms with van der Waals surface area (Å²) in [5.74, 6) is 0. The van der Waals surface area contributed by atoms with Crippen molar-refractivity contribution >= 4 is 5.57 Å². The molecule has 0 aromatic heterocycles. The maximum Gasteiger partial charge on any atom is 0.0659 e. The molecule has 0 aliphatic heterocycles. The number of rotatable bonds is 2. The molecule has 1 aromatic rings. The summed E-state index contributed by atoms with van der Waals surface area (Å²) < 4.78 is 0. The van der Waals surface area contributed by atoms with E-state index in [4.69, 9.17) is 0 Å². The molecule has 15 heavy (non-hydrogen) atoms. The molecule has 0 unspecified atom stereocenters. The second-order valence-electron chi connectivity index (χ2n) is 4.43. The molecule has 1 N–H and O–H groups in total. The second-order valence-corrected chi connectivity index (χ2v) is 4.43. The SMILES string of the molecule is C=CC1=C(CO)C(C)(C)c2ccccc21. The minimum atomic E-state index is -0.0745. The van der Waals surface area contributed by atoms with Crippen LogP contribution in [0.3, 0.4) is 0 Å². The first-order chi connectivity index (χ1) is 7.12. The summed E-state index contributed by atoms with van der Waals surface area (Å²) in [4.78, 5) is 0. The van der Waals surface area contributed by atoms with Gasteiger partial charge < -0.3 is 5.11 Å². The quantitative estimate of drug-likeness (QED) is 0.778. The van der Waals surface area contributed by atoms with Gasteiger partial charge in [0, 0.05) is 5.41 Å². The molecule has 0 atom stereocenters. The predicted molar refractivity (Wildman–Crippen MR) is 63.7 cm³/mol. The smallest absolute Gasteiger partial charge is 0.0659 e. The van der Waals surface area contributed by atoms with Gasteiger partial charge in [-0.25, -0.2) is 0 Å². The molecular weight excluding hydrogens is 184 g/mol. The van der Waals surface area contributed by atoms with Gasteiger partial charge in [0.1, 0.15) is 0 Å². The minimum Gasteiger partial charge on any atom is -0.392 e. The lowest BCUT2D eigenvalue weighted by atomic mass is 9.81. The molecule has 0 fully saturated rings. The molecule has 1 aliphatic carbocycles. The first-order valence-corrected chi connectivity index (χ1v) is 5.19. The van der Waals surface area contributed by atoms with Gasteiger partial charge in [-0.05, 0) is 22.3 Å².